The van der Waals surface area contributed by atoms with Gasteiger partial charge in [0.1, 0.15) is 24.2 Å². The quantitative estimate of drug-likeness (QED) is 0.187. The summed E-state index contributed by atoms with van der Waals surface area (Å²) in [4.78, 5) is 29.0. The van der Waals surface area contributed by atoms with Crippen molar-refractivity contribution in [1.82, 2.24) is 15.5 Å². The standard InChI is InChI=1S/C41H53N3O9/c1-28-21-33(49-20-16-44-14-18-48-19-15-44)22-29(2)39(28)51-27-38(46)42-32(23-30-9-5-3-6-10-30)25-36(45)35(24-31-11-7-4-8-12-31)43-41(47)53-37-26-52-40-34(37)13-17-50-40/h3-12,21-22,32,34-37,40,45H,13-20,23-27H2,1-2H3,(H,42,46)(H,43,47)/t32-,34?,35-,36-,37-,40?/m0/s1. The number of ether oxygens (including phenoxy) is 6. The van der Waals surface area contributed by atoms with E-state index in [0.29, 0.717) is 31.8 Å². The lowest BCUT2D eigenvalue weighted by molar-refractivity contribution is -0.124. The van der Waals surface area contributed by atoms with Crippen molar-refractivity contribution in [3.63, 3.8) is 0 Å². The highest BCUT2D eigenvalue weighted by Crippen LogP contribution is 2.33. The van der Waals surface area contributed by atoms with Gasteiger partial charge in [-0.3, -0.25) is 9.69 Å². The Bertz CT molecular complexity index is 1580. The van der Waals surface area contributed by atoms with Crippen LogP contribution in [-0.2, 0) is 36.6 Å². The van der Waals surface area contributed by atoms with E-state index < -0.39 is 30.4 Å². The topological polar surface area (TPSA) is 137 Å². The number of hydrogen-bond acceptors (Lipinski definition) is 10. The third-order valence-electron chi connectivity index (χ3n) is 10.1. The fourth-order valence-corrected chi connectivity index (χ4v) is 7.32. The minimum absolute atomic E-state index is 0.00431. The molecule has 0 bridgehead atoms. The number of alkyl carbamates (subject to hydrolysis) is 1. The summed E-state index contributed by atoms with van der Waals surface area (Å²) in [6.45, 7) is 9.25. The summed E-state index contributed by atoms with van der Waals surface area (Å²) in [6.07, 6.45) is -0.615. The Balaban J connectivity index is 1.07. The van der Waals surface area contributed by atoms with Gasteiger partial charge in [-0.25, -0.2) is 4.79 Å². The number of rotatable bonds is 17. The van der Waals surface area contributed by atoms with Crippen LogP contribution in [0.3, 0.4) is 0 Å². The van der Waals surface area contributed by atoms with Crippen LogP contribution in [0.2, 0.25) is 0 Å². The molecule has 12 heteroatoms. The molecule has 6 rings (SSSR count). The molecule has 0 saturated carbocycles. The smallest absolute Gasteiger partial charge is 0.407 e. The number of aryl methyl sites for hydroxylation is 2. The second kappa shape index (κ2) is 19.2. The van der Waals surface area contributed by atoms with E-state index >= 15 is 0 Å². The van der Waals surface area contributed by atoms with Crippen molar-refractivity contribution in [2.75, 3.05) is 59.3 Å². The fourth-order valence-electron chi connectivity index (χ4n) is 7.32. The number of carbonyl (C=O) groups is 2. The number of fused-ring (bicyclic) bond motifs is 1. The molecule has 6 atom stereocenters. The molecule has 3 aliphatic rings. The van der Waals surface area contributed by atoms with E-state index in [0.717, 1.165) is 67.3 Å². The average molecular weight is 732 g/mol. The van der Waals surface area contributed by atoms with Gasteiger partial charge < -0.3 is 44.2 Å². The van der Waals surface area contributed by atoms with Crippen LogP contribution in [0.15, 0.2) is 72.8 Å². The summed E-state index contributed by atoms with van der Waals surface area (Å²) in [5, 5.41) is 17.7. The van der Waals surface area contributed by atoms with Gasteiger partial charge in [0.15, 0.2) is 12.9 Å². The largest absolute Gasteiger partial charge is 0.492 e. The number of morpholine rings is 1. The van der Waals surface area contributed by atoms with Gasteiger partial charge in [-0.1, -0.05) is 60.7 Å². The zero-order valence-electron chi connectivity index (χ0n) is 30.7. The summed E-state index contributed by atoms with van der Waals surface area (Å²) in [6, 6.07) is 22.2. The highest BCUT2D eigenvalue weighted by Gasteiger charge is 2.44. The Kier molecular flexibility index (Phi) is 14.0. The first kappa shape index (κ1) is 38.5. The van der Waals surface area contributed by atoms with Crippen LogP contribution in [-0.4, -0.2) is 112 Å². The third kappa shape index (κ3) is 11.4. The van der Waals surface area contributed by atoms with Crippen molar-refractivity contribution >= 4 is 12.0 Å². The number of aliphatic hydroxyl groups excluding tert-OH is 1. The zero-order chi connectivity index (χ0) is 37.0. The van der Waals surface area contributed by atoms with Crippen molar-refractivity contribution < 1.29 is 43.1 Å². The molecule has 3 aromatic rings. The molecule has 2 amide bonds. The second-order valence-electron chi connectivity index (χ2n) is 14.1. The third-order valence-corrected chi connectivity index (χ3v) is 10.1. The molecule has 3 aromatic carbocycles. The first-order chi connectivity index (χ1) is 25.8. The van der Waals surface area contributed by atoms with Crippen LogP contribution >= 0.6 is 0 Å². The molecule has 0 aliphatic carbocycles. The normalized spacial score (nSPS) is 21.6. The number of aliphatic hydroxyl groups is 1. The predicted octanol–water partition coefficient (Wildman–Crippen LogP) is 3.97. The minimum atomic E-state index is -1.01. The van der Waals surface area contributed by atoms with Gasteiger partial charge in [-0.2, -0.15) is 0 Å². The Labute approximate surface area is 312 Å². The van der Waals surface area contributed by atoms with Gasteiger partial charge in [0, 0.05) is 25.7 Å². The highest BCUT2D eigenvalue weighted by atomic mass is 16.7. The monoisotopic (exact) mass is 731 g/mol. The molecule has 2 unspecified atom stereocenters. The van der Waals surface area contributed by atoms with Crippen molar-refractivity contribution in [3.8, 4) is 11.5 Å². The molecule has 53 heavy (non-hydrogen) atoms. The maximum atomic E-state index is 13.4. The van der Waals surface area contributed by atoms with E-state index in [2.05, 4.69) is 15.5 Å². The Morgan fingerprint density at radius 3 is 2.26 bits per heavy atom. The maximum absolute atomic E-state index is 13.4. The van der Waals surface area contributed by atoms with Crippen LogP contribution in [0.1, 0.15) is 35.1 Å². The Hall–Kier alpha value is -4.20. The van der Waals surface area contributed by atoms with Gasteiger partial charge in [0.25, 0.3) is 5.91 Å². The second-order valence-corrected chi connectivity index (χ2v) is 14.1. The summed E-state index contributed by atoms with van der Waals surface area (Å²) in [5.74, 6) is 1.08. The van der Waals surface area contributed by atoms with E-state index in [-0.39, 0.29) is 37.7 Å². The highest BCUT2D eigenvalue weighted by molar-refractivity contribution is 5.78. The van der Waals surface area contributed by atoms with Crippen LogP contribution in [0.25, 0.3) is 0 Å². The van der Waals surface area contributed by atoms with E-state index in [1.807, 2.05) is 86.6 Å². The molecular weight excluding hydrogens is 678 g/mol. The molecule has 3 fully saturated rings. The van der Waals surface area contributed by atoms with Gasteiger partial charge in [-0.15, -0.1) is 0 Å². The summed E-state index contributed by atoms with van der Waals surface area (Å²) in [7, 11) is 0. The van der Waals surface area contributed by atoms with E-state index in [1.165, 1.54) is 0 Å². The van der Waals surface area contributed by atoms with Gasteiger partial charge in [-0.05, 0) is 73.9 Å². The molecular formula is C41H53N3O9. The van der Waals surface area contributed by atoms with Gasteiger partial charge in [0.2, 0.25) is 0 Å². The summed E-state index contributed by atoms with van der Waals surface area (Å²) < 4.78 is 34.5. The molecule has 286 valence electrons. The lowest BCUT2D eigenvalue weighted by Gasteiger charge is -2.29. The van der Waals surface area contributed by atoms with E-state index in [4.69, 9.17) is 28.4 Å². The molecule has 12 nitrogen and oxygen atoms in total. The Morgan fingerprint density at radius 1 is 0.887 bits per heavy atom. The molecule has 3 saturated heterocycles. The molecule has 0 radical (unpaired) electrons. The van der Waals surface area contributed by atoms with Gasteiger partial charge in [0.05, 0.1) is 44.5 Å². The molecule has 3 N–H and O–H groups in total. The summed E-state index contributed by atoms with van der Waals surface area (Å²) >= 11 is 0. The number of nitrogens with zero attached hydrogens (tertiary/aromatic N) is 1. The maximum Gasteiger partial charge on any atom is 0.407 e. The Morgan fingerprint density at radius 2 is 1.57 bits per heavy atom. The number of nitrogens with one attached hydrogen (secondary N) is 2. The van der Waals surface area contributed by atoms with Crippen molar-refractivity contribution in [2.45, 2.75) is 70.1 Å². The zero-order valence-corrected chi connectivity index (χ0v) is 30.7. The lowest BCUT2D eigenvalue weighted by atomic mass is 9.93. The fraction of sp³-hybridized carbons (Fsp3) is 0.512. The molecule has 3 aliphatic heterocycles. The molecule has 3 heterocycles. The number of benzene rings is 3. The predicted molar refractivity (Wildman–Crippen MR) is 198 cm³/mol. The lowest BCUT2D eigenvalue weighted by Crippen LogP contribution is -2.50. The van der Waals surface area contributed by atoms with Crippen LogP contribution in [0.4, 0.5) is 4.79 Å². The molecule has 0 aromatic heterocycles. The minimum Gasteiger partial charge on any atom is -0.492 e. The van der Waals surface area contributed by atoms with Gasteiger partial charge >= 0.3 is 6.09 Å². The average Bonchev–Trinajstić information content (AvgIpc) is 3.77. The molecule has 0 spiro atoms. The van der Waals surface area contributed by atoms with Crippen LogP contribution in [0.5, 0.6) is 11.5 Å². The van der Waals surface area contributed by atoms with Crippen molar-refractivity contribution in [2.24, 2.45) is 5.92 Å². The first-order valence-corrected chi connectivity index (χ1v) is 18.7. The van der Waals surface area contributed by atoms with Crippen LogP contribution in [0, 0.1) is 19.8 Å². The number of carbonyl (C=O) groups excluding carboxylic acids is 2. The van der Waals surface area contributed by atoms with Crippen molar-refractivity contribution in [3.05, 3.63) is 95.1 Å². The van der Waals surface area contributed by atoms with Crippen LogP contribution < -0.4 is 20.1 Å². The SMILES string of the molecule is Cc1cc(OCCN2CCOCC2)cc(C)c1OCC(=O)N[C@@H](Cc1ccccc1)C[C@H](O)[C@H](Cc1ccccc1)NC(=O)O[C@H]1COC2OCCC21. The van der Waals surface area contributed by atoms with Crippen molar-refractivity contribution in [1.29, 1.82) is 0 Å². The number of amides is 2. The van der Waals surface area contributed by atoms with E-state index in [9.17, 15) is 14.7 Å². The first-order valence-electron chi connectivity index (χ1n) is 18.7. The number of hydrogen-bond donors (Lipinski definition) is 3. The van der Waals surface area contributed by atoms with E-state index in [1.54, 1.807) is 0 Å². The summed E-state index contributed by atoms with van der Waals surface area (Å²) in [5.41, 5.74) is 3.69.